The molecule has 0 spiro atoms. The highest BCUT2D eigenvalue weighted by Crippen LogP contribution is 2.52. The van der Waals surface area contributed by atoms with E-state index in [0.717, 1.165) is 82.6 Å². The van der Waals surface area contributed by atoms with Crippen LogP contribution in [0.5, 0.6) is 0 Å². The van der Waals surface area contributed by atoms with E-state index in [-0.39, 0.29) is 124 Å². The Kier molecular flexibility index (Phi) is 45.8. The Morgan fingerprint density at radius 3 is 1.06 bits per heavy atom. The van der Waals surface area contributed by atoms with Crippen LogP contribution in [0.15, 0.2) is 150 Å². The molecule has 1 fully saturated rings. The summed E-state index contributed by atoms with van der Waals surface area (Å²) in [5.74, 6) is 2.71. The first-order valence-corrected chi connectivity index (χ1v) is 48.9. The molecule has 10 heterocycles. The summed E-state index contributed by atoms with van der Waals surface area (Å²) in [5.41, 5.74) is 7.11. The van der Waals surface area contributed by atoms with Crippen LogP contribution in [-0.2, 0) is 47.9 Å². The fourth-order valence-electron chi connectivity index (χ4n) is 13.2. The molecule has 20 nitrogen and oxygen atoms in total. The lowest BCUT2D eigenvalue weighted by Gasteiger charge is -2.23. The van der Waals surface area contributed by atoms with Gasteiger partial charge in [-0.1, -0.05) is 226 Å². The summed E-state index contributed by atoms with van der Waals surface area (Å²) in [4.78, 5) is 105. The number of allylic oxidation sites excluding steroid dienone is 7. The van der Waals surface area contributed by atoms with Gasteiger partial charge in [-0.05, 0) is 222 Å². The van der Waals surface area contributed by atoms with Crippen LogP contribution in [0.3, 0.4) is 0 Å². The van der Waals surface area contributed by atoms with Gasteiger partial charge in [0, 0.05) is 50.2 Å². The topological polar surface area (TPSA) is 353 Å². The quantitative estimate of drug-likeness (QED) is 0.0177. The van der Waals surface area contributed by atoms with E-state index in [0.29, 0.717) is 81.1 Å². The maximum atomic E-state index is 11.6. The van der Waals surface area contributed by atoms with E-state index >= 15 is 0 Å². The molecular weight excluding hydrogens is 1720 g/mol. The second-order valence-corrected chi connectivity index (χ2v) is 47.3. The van der Waals surface area contributed by atoms with E-state index in [4.69, 9.17) is 16.4 Å². The molecule has 10 aliphatic heterocycles. The Labute approximate surface area is 765 Å². The zero-order valence-electron chi connectivity index (χ0n) is 76.7. The molecule has 0 aromatic carbocycles. The van der Waals surface area contributed by atoms with Crippen molar-refractivity contribution in [2.45, 2.75) is 345 Å². The predicted molar refractivity (Wildman–Crippen MR) is 517 cm³/mol. The zero-order valence-corrected chi connectivity index (χ0v) is 84.0. The number of thioether (sulfide) groups is 9. The molecule has 9 N–H and O–H groups in total. The number of carbonyl (C=O) groups is 9. The summed E-state index contributed by atoms with van der Waals surface area (Å²) >= 11 is 10.8. The van der Waals surface area contributed by atoms with E-state index < -0.39 is 23.7 Å². The lowest BCUT2D eigenvalue weighted by Crippen LogP contribution is -2.23. The largest absolute Gasteiger partial charge is 0.511 e. The number of rotatable bonds is 25. The van der Waals surface area contributed by atoms with Crippen LogP contribution < -0.4 is 0 Å². The van der Waals surface area contributed by atoms with E-state index in [9.17, 15) is 84.0 Å². The molecule has 10 atom stereocenters. The monoisotopic (exact) mass is 1860 g/mol. The van der Waals surface area contributed by atoms with Crippen LogP contribution in [0.25, 0.3) is 4.85 Å². The molecule has 10 aliphatic rings. The summed E-state index contributed by atoms with van der Waals surface area (Å²) in [5, 5.41) is 87.1. The molecule has 0 bridgehead atoms. The van der Waals surface area contributed by atoms with Crippen LogP contribution in [0.1, 0.15) is 296 Å². The van der Waals surface area contributed by atoms with Gasteiger partial charge in [-0.15, -0.1) is 6.58 Å². The third-order valence-corrected chi connectivity index (χ3v) is 33.6. The Morgan fingerprint density at radius 1 is 0.451 bits per heavy atom. The lowest BCUT2D eigenvalue weighted by molar-refractivity contribution is -0.108. The van der Waals surface area contributed by atoms with Gasteiger partial charge >= 0.3 is 0 Å². The first kappa shape index (κ1) is 113. The van der Waals surface area contributed by atoms with E-state index in [1.54, 1.807) is 75.3 Å². The normalized spacial score (nSPS) is 28.5. The van der Waals surface area contributed by atoms with E-state index in [1.165, 1.54) is 137 Å². The maximum Gasteiger partial charge on any atom is 0.236 e. The standard InChI is InChI=1S/C16H24O2S.C14H24O2S.C11H18O2S.C10H16O2S.C10H14O2S.C9H12O3S.C9H12O2S.C8H9NO2S.C6H8O2S/c1-11(2)7-6-8-12(3)9-10-16(5)14(17)13(4)15(18)19-16;1-4-5-6-7-8-9-10-14(3)12(15)11(2)13(16)17-14;1-7(2)5-6-11(4)9(12)8(3)10(13)14-11;2*1-4-5-6-10(3)8(11)7(2)9(12)13-10;1-5-7(10)9(2,13-8(5)11)3-6-4-12-6;1-4-5-9(3)7(10)6(2)8(11)12-9;1-5-6(10)8(2,4-9-3)12-7(5)11;1-3-5(7)4(2)9-6(3)8/h7,9,17H,6,8,10H2,1-5H3;15H,4-10H2,1-3H3;7,12H,5-6H2,1-4H3;11H,4-6H2,1-3H3;4-5,11H,6H2,1-3H3;6,10H,3-4H2,1-2H3;4,10H,1,5H2,2-3H3;10H,4H2,1-2H3;4,7H,1-2H3/b12-9+;;;;5-4+;;;;. The number of hydrogen-bond acceptors (Lipinski definition) is 28. The highest BCUT2D eigenvalue weighted by atomic mass is 32.2. The number of carbonyl (C=O) groups excluding carboxylic acids is 9. The van der Waals surface area contributed by atoms with Crippen LogP contribution in [0, 0.1) is 12.5 Å². The van der Waals surface area contributed by atoms with Gasteiger partial charge in [0.2, 0.25) is 52.6 Å². The van der Waals surface area contributed by atoms with Crippen molar-refractivity contribution in [2.24, 2.45) is 5.92 Å². The SMILES string of the molecule is C/C=C/CC1(C)SC(=O)C(C)=C1O.C=CCC1(C)SC(=O)C(C)=C1O.CC(C)=CCC/C(C)=C/CC1(C)SC(=O)C(C)=C1O.CC1=C(O)C(C)(CC2CO2)SC1=O.CC1=C(O)C(C)(CCC(C)C)SC1=O.CC1=C(O)C(C)SC1=O.CCCCC1(C)SC(=O)C(C)=C1O.CCCCCCCCC1(C)SC(=O)C(C)=C1O.[C-]#[N+]CC1(C)SC(=O)C(C)=C1O. The smallest absolute Gasteiger partial charge is 0.236 e. The van der Waals surface area contributed by atoms with Gasteiger partial charge in [-0.3, -0.25) is 43.2 Å². The Balaban J connectivity index is 0.000000468. The lowest BCUT2D eigenvalue weighted by atomic mass is 9.95. The minimum atomic E-state index is -0.705. The van der Waals surface area contributed by atoms with Crippen LogP contribution in [0.4, 0.5) is 0 Å². The summed E-state index contributed by atoms with van der Waals surface area (Å²) in [6.45, 7) is 60.0. The molecule has 0 aliphatic carbocycles. The van der Waals surface area contributed by atoms with Crippen LogP contribution in [-0.4, -0.2) is 154 Å². The first-order valence-electron chi connectivity index (χ1n) is 41.5. The number of ether oxygens (including phenoxy) is 1. The molecule has 0 aromatic heterocycles. The third-order valence-electron chi connectivity index (χ3n) is 22.0. The second kappa shape index (κ2) is 49.7. The van der Waals surface area contributed by atoms with Gasteiger partial charge in [0.05, 0.1) is 51.2 Å². The molecule has 29 heteroatoms. The second-order valence-electron chi connectivity index (χ2n) is 34.2. The molecule has 682 valence electrons. The van der Waals surface area contributed by atoms with Gasteiger partial charge in [-0.2, -0.15) is 0 Å². The number of unbranched alkanes of at least 4 members (excludes halogenated alkanes) is 6. The van der Waals surface area contributed by atoms with E-state index in [2.05, 4.69) is 72.0 Å². The molecule has 10 rings (SSSR count). The summed E-state index contributed by atoms with van der Waals surface area (Å²) < 4.78 is 1.49. The van der Waals surface area contributed by atoms with Gasteiger partial charge in [0.1, 0.15) is 56.6 Å². The zero-order chi connectivity index (χ0) is 93.9. The van der Waals surface area contributed by atoms with Crippen molar-refractivity contribution in [1.29, 1.82) is 0 Å². The van der Waals surface area contributed by atoms with Gasteiger partial charge < -0.3 is 55.5 Å². The van der Waals surface area contributed by atoms with Crippen molar-refractivity contribution in [3.8, 4) is 0 Å². The predicted octanol–water partition coefficient (Wildman–Crippen LogP) is 26.0. The van der Waals surface area contributed by atoms with Crippen LogP contribution in [0.2, 0.25) is 0 Å². The maximum absolute atomic E-state index is 11.6. The molecule has 0 amide bonds. The molecule has 1 saturated heterocycles. The molecule has 10 unspecified atom stereocenters. The van der Waals surface area contributed by atoms with Crippen molar-refractivity contribution in [1.82, 2.24) is 0 Å². The van der Waals surface area contributed by atoms with Gasteiger partial charge in [0.25, 0.3) is 0 Å². The number of aliphatic hydroxyl groups excluding tert-OH is 9. The highest BCUT2D eigenvalue weighted by molar-refractivity contribution is 8.18. The first-order chi connectivity index (χ1) is 56.3. The Bertz CT molecular complexity index is 4340. The fraction of sp³-hybridized carbons (Fsp3) is 0.613. The molecular formula is C93H137NO19S9. The molecule has 0 saturated carbocycles. The summed E-state index contributed by atoms with van der Waals surface area (Å²) in [7, 11) is 0. The Hall–Kier alpha value is -5.55. The average molecular weight is 1860 g/mol. The fourth-order valence-corrected chi connectivity index (χ4v) is 23.1. The van der Waals surface area contributed by atoms with Gasteiger partial charge in [-0.25, -0.2) is 6.57 Å². The minimum absolute atomic E-state index is 0.000000000000000222. The average Bonchev–Trinajstić information content (AvgIpc) is 1.73. The van der Waals surface area contributed by atoms with Crippen molar-refractivity contribution >= 4 is 152 Å². The minimum Gasteiger partial charge on any atom is -0.511 e. The van der Waals surface area contributed by atoms with Gasteiger partial charge in [0.15, 0.2) is 0 Å². The number of aliphatic hydroxyl groups is 9. The molecule has 0 aromatic rings. The van der Waals surface area contributed by atoms with Crippen molar-refractivity contribution < 1.29 is 93.8 Å². The van der Waals surface area contributed by atoms with Crippen molar-refractivity contribution in [2.75, 3.05) is 13.2 Å². The molecule has 0 radical (unpaired) electrons. The van der Waals surface area contributed by atoms with Crippen molar-refractivity contribution in [3.05, 3.63) is 162 Å². The van der Waals surface area contributed by atoms with Crippen LogP contribution >= 0.6 is 106 Å². The van der Waals surface area contributed by atoms with Crippen molar-refractivity contribution in [3.63, 3.8) is 0 Å². The number of nitrogens with zero attached hydrogens (tertiary/aromatic N) is 1. The number of epoxide rings is 1. The van der Waals surface area contributed by atoms with E-state index in [1.807, 2.05) is 74.5 Å². The Morgan fingerprint density at radius 2 is 0.770 bits per heavy atom. The summed E-state index contributed by atoms with van der Waals surface area (Å²) in [6.07, 6.45) is 28.3. The number of hydrogen-bond donors (Lipinski definition) is 9. The molecule has 122 heavy (non-hydrogen) atoms. The third kappa shape index (κ3) is 31.7. The summed E-state index contributed by atoms with van der Waals surface area (Å²) in [6, 6.07) is 0. The highest BCUT2D eigenvalue weighted by Gasteiger charge is 2.49.